The first kappa shape index (κ1) is 21.2. The summed E-state index contributed by atoms with van der Waals surface area (Å²) in [5, 5.41) is 3.87. The van der Waals surface area contributed by atoms with Gasteiger partial charge in [-0.3, -0.25) is 4.79 Å². The van der Waals surface area contributed by atoms with Crippen molar-refractivity contribution in [1.29, 1.82) is 0 Å². The summed E-state index contributed by atoms with van der Waals surface area (Å²) in [6, 6.07) is 7.92. The molecule has 1 aliphatic carbocycles. The van der Waals surface area contributed by atoms with Gasteiger partial charge in [0.2, 0.25) is 5.91 Å². The van der Waals surface area contributed by atoms with Gasteiger partial charge >= 0.3 is 0 Å². The third kappa shape index (κ3) is 3.51. The third-order valence-corrected chi connectivity index (χ3v) is 6.88. The van der Waals surface area contributed by atoms with Crippen LogP contribution in [-0.4, -0.2) is 30.7 Å². The molecule has 1 amide bonds. The molecule has 1 aliphatic rings. The molecule has 1 aromatic carbocycles. The molecule has 5 heteroatoms. The molecular formula is C21H33ClN2O2. The Hall–Kier alpha value is -1.10. The lowest BCUT2D eigenvalue weighted by Crippen LogP contribution is -2.76. The molecule has 0 spiro atoms. The van der Waals surface area contributed by atoms with Gasteiger partial charge in [0.1, 0.15) is 5.54 Å². The average Bonchev–Trinajstić information content (AvgIpc) is 2.63. The molecule has 1 fully saturated rings. The molecule has 3 N–H and O–H groups in total. The van der Waals surface area contributed by atoms with E-state index in [0.717, 1.165) is 17.9 Å². The van der Waals surface area contributed by atoms with Crippen molar-refractivity contribution < 1.29 is 9.53 Å². The molecule has 4 nitrogen and oxygen atoms in total. The van der Waals surface area contributed by atoms with E-state index in [9.17, 15) is 4.79 Å². The molecular weight excluding hydrogens is 348 g/mol. The zero-order valence-corrected chi connectivity index (χ0v) is 17.5. The Bertz CT molecular complexity index is 625. The highest BCUT2D eigenvalue weighted by molar-refractivity contribution is 6.30. The highest BCUT2D eigenvalue weighted by Gasteiger charge is 2.62. The molecule has 26 heavy (non-hydrogen) atoms. The average molecular weight is 381 g/mol. The second-order valence-corrected chi connectivity index (χ2v) is 8.45. The lowest BCUT2D eigenvalue weighted by Gasteiger charge is -2.57. The molecule has 146 valence electrons. The van der Waals surface area contributed by atoms with Crippen LogP contribution in [0.2, 0.25) is 5.02 Å². The largest absolute Gasteiger partial charge is 0.378 e. The van der Waals surface area contributed by atoms with Crippen molar-refractivity contribution in [3.8, 4) is 0 Å². The van der Waals surface area contributed by atoms with Crippen LogP contribution in [0.25, 0.3) is 0 Å². The fraction of sp³-hybridized carbons (Fsp3) is 0.667. The number of halogens is 1. The topological polar surface area (TPSA) is 64.3 Å². The highest BCUT2D eigenvalue weighted by Crippen LogP contribution is 2.50. The first-order chi connectivity index (χ1) is 12.2. The van der Waals surface area contributed by atoms with E-state index < -0.39 is 5.54 Å². The summed E-state index contributed by atoms with van der Waals surface area (Å²) in [5.74, 6) is -0.0845. The number of carbonyl (C=O) groups is 1. The number of ether oxygens (including phenoxy) is 1. The maximum atomic E-state index is 13.0. The predicted molar refractivity (Wildman–Crippen MR) is 107 cm³/mol. The van der Waals surface area contributed by atoms with Crippen LogP contribution in [0.1, 0.15) is 59.4 Å². The van der Waals surface area contributed by atoms with Gasteiger partial charge in [0.15, 0.2) is 0 Å². The van der Waals surface area contributed by atoms with Gasteiger partial charge < -0.3 is 15.8 Å². The normalized spacial score (nSPS) is 24.8. The third-order valence-electron chi connectivity index (χ3n) is 6.63. The molecule has 1 saturated carbocycles. The summed E-state index contributed by atoms with van der Waals surface area (Å²) in [6.45, 7) is 11.5. The van der Waals surface area contributed by atoms with E-state index in [1.807, 2.05) is 32.9 Å². The number of rotatable bonds is 8. The van der Waals surface area contributed by atoms with E-state index >= 15 is 0 Å². The van der Waals surface area contributed by atoms with E-state index in [0.29, 0.717) is 19.6 Å². The molecule has 2 atom stereocenters. The van der Waals surface area contributed by atoms with Crippen LogP contribution in [0.5, 0.6) is 0 Å². The Labute approximate surface area is 162 Å². The molecule has 0 radical (unpaired) electrons. The van der Waals surface area contributed by atoms with Gasteiger partial charge in [-0.1, -0.05) is 51.4 Å². The SMILES string of the molecule is CCOC1CC(N)(C(=O)NCC(CC)(CC)c2ccc(Cl)cc2)C1(C)C. The smallest absolute Gasteiger partial charge is 0.240 e. The fourth-order valence-corrected chi connectivity index (χ4v) is 4.17. The molecule has 0 aliphatic heterocycles. The Morgan fingerprint density at radius 1 is 1.27 bits per heavy atom. The lowest BCUT2D eigenvalue weighted by atomic mass is 9.54. The first-order valence-electron chi connectivity index (χ1n) is 9.61. The summed E-state index contributed by atoms with van der Waals surface area (Å²) in [4.78, 5) is 13.0. The number of benzene rings is 1. The Balaban J connectivity index is 2.12. The van der Waals surface area contributed by atoms with Gasteiger partial charge in [-0.25, -0.2) is 0 Å². The molecule has 0 bridgehead atoms. The van der Waals surface area contributed by atoms with E-state index in [2.05, 4.69) is 31.3 Å². The van der Waals surface area contributed by atoms with Crippen molar-refractivity contribution >= 4 is 17.5 Å². The van der Waals surface area contributed by atoms with Crippen LogP contribution in [-0.2, 0) is 14.9 Å². The summed E-state index contributed by atoms with van der Waals surface area (Å²) < 4.78 is 5.73. The van der Waals surface area contributed by atoms with Crippen LogP contribution in [0.4, 0.5) is 0 Å². The number of carbonyl (C=O) groups excluding carboxylic acids is 1. The van der Waals surface area contributed by atoms with Crippen LogP contribution in [0, 0.1) is 5.41 Å². The number of hydrogen-bond acceptors (Lipinski definition) is 3. The van der Waals surface area contributed by atoms with E-state index in [1.54, 1.807) is 0 Å². The van der Waals surface area contributed by atoms with Crippen molar-refractivity contribution in [2.45, 2.75) is 70.9 Å². The highest BCUT2D eigenvalue weighted by atomic mass is 35.5. The zero-order valence-electron chi connectivity index (χ0n) is 16.7. The quantitative estimate of drug-likeness (QED) is 0.715. The molecule has 1 aromatic rings. The van der Waals surface area contributed by atoms with Crippen LogP contribution in [0.3, 0.4) is 0 Å². The molecule has 0 aromatic heterocycles. The van der Waals surface area contributed by atoms with Crippen molar-refractivity contribution in [3.63, 3.8) is 0 Å². The predicted octanol–water partition coefficient (Wildman–Crippen LogP) is 4.05. The maximum absolute atomic E-state index is 13.0. The Kier molecular flexibility index (Phi) is 6.42. The summed E-state index contributed by atoms with van der Waals surface area (Å²) in [6.07, 6.45) is 2.44. The molecule has 0 saturated heterocycles. The minimum Gasteiger partial charge on any atom is -0.378 e. The van der Waals surface area contributed by atoms with E-state index in [1.165, 1.54) is 5.56 Å². The fourth-order valence-electron chi connectivity index (χ4n) is 4.04. The number of nitrogens with two attached hydrogens (primary N) is 1. The van der Waals surface area contributed by atoms with Gasteiger partial charge in [-0.05, 0) is 37.5 Å². The Morgan fingerprint density at radius 3 is 2.31 bits per heavy atom. The molecule has 2 rings (SSSR count). The van der Waals surface area contributed by atoms with E-state index in [4.69, 9.17) is 22.1 Å². The Morgan fingerprint density at radius 2 is 1.85 bits per heavy atom. The van der Waals surface area contributed by atoms with Gasteiger partial charge in [0, 0.05) is 35.4 Å². The molecule has 2 unspecified atom stereocenters. The second kappa shape index (κ2) is 7.87. The second-order valence-electron chi connectivity index (χ2n) is 8.02. The van der Waals surface area contributed by atoms with Gasteiger partial charge in [0.25, 0.3) is 0 Å². The minimum absolute atomic E-state index is 0.0293. The maximum Gasteiger partial charge on any atom is 0.240 e. The monoisotopic (exact) mass is 380 g/mol. The van der Waals surface area contributed by atoms with Crippen LogP contribution < -0.4 is 11.1 Å². The van der Waals surface area contributed by atoms with Gasteiger partial charge in [-0.15, -0.1) is 0 Å². The van der Waals surface area contributed by atoms with Crippen molar-refractivity contribution in [2.75, 3.05) is 13.2 Å². The number of hydrogen-bond donors (Lipinski definition) is 2. The summed E-state index contributed by atoms with van der Waals surface area (Å²) in [5.41, 5.74) is 6.31. The lowest BCUT2D eigenvalue weighted by molar-refractivity contribution is -0.170. The van der Waals surface area contributed by atoms with Crippen LogP contribution in [0.15, 0.2) is 24.3 Å². The summed E-state index contributed by atoms with van der Waals surface area (Å²) >= 11 is 6.03. The van der Waals surface area contributed by atoms with Crippen molar-refractivity contribution in [1.82, 2.24) is 5.32 Å². The minimum atomic E-state index is -0.889. The van der Waals surface area contributed by atoms with Crippen molar-refractivity contribution in [3.05, 3.63) is 34.9 Å². The van der Waals surface area contributed by atoms with Gasteiger partial charge in [0.05, 0.1) is 6.10 Å². The zero-order chi connectivity index (χ0) is 19.6. The van der Waals surface area contributed by atoms with E-state index in [-0.39, 0.29) is 22.8 Å². The first-order valence-corrected chi connectivity index (χ1v) is 9.99. The standard InChI is InChI=1S/C21H33ClN2O2/c1-6-20(7-2,15-9-11-16(22)12-10-15)14-24-18(25)21(23)13-17(26-8-3)19(21,4)5/h9-12,17H,6-8,13-14,23H2,1-5H3,(H,24,25). The van der Waals surface area contributed by atoms with Crippen LogP contribution >= 0.6 is 11.6 Å². The van der Waals surface area contributed by atoms with Crippen molar-refractivity contribution in [2.24, 2.45) is 11.1 Å². The molecule has 0 heterocycles. The number of nitrogens with one attached hydrogen (secondary N) is 1. The number of amides is 1. The van der Waals surface area contributed by atoms with Gasteiger partial charge in [-0.2, -0.15) is 0 Å². The summed E-state index contributed by atoms with van der Waals surface area (Å²) in [7, 11) is 0.